The second-order valence-electron chi connectivity index (χ2n) is 5.85. The summed E-state index contributed by atoms with van der Waals surface area (Å²) in [5, 5.41) is 2.79. The third kappa shape index (κ3) is 4.16. The van der Waals surface area contributed by atoms with Crippen molar-refractivity contribution in [3.05, 3.63) is 54.0 Å². The van der Waals surface area contributed by atoms with Crippen LogP contribution in [0, 0.1) is 0 Å². The summed E-state index contributed by atoms with van der Waals surface area (Å²) in [7, 11) is 0. The molecule has 126 valence electrons. The first kappa shape index (κ1) is 16.1. The van der Waals surface area contributed by atoms with Gasteiger partial charge < -0.3 is 20.4 Å². The molecule has 0 aliphatic carbocycles. The predicted octanol–water partition coefficient (Wildman–Crippen LogP) is 2.83. The molecule has 3 rings (SSSR count). The van der Waals surface area contributed by atoms with Crippen molar-refractivity contribution in [1.82, 2.24) is 4.90 Å². The molecule has 24 heavy (non-hydrogen) atoms. The zero-order chi connectivity index (χ0) is 16.8. The Labute approximate surface area is 141 Å². The van der Waals surface area contributed by atoms with E-state index < -0.39 is 0 Å². The number of benzene rings is 1. The van der Waals surface area contributed by atoms with Crippen LogP contribution in [0.1, 0.15) is 35.4 Å². The molecule has 6 heteroatoms. The fourth-order valence-electron chi connectivity index (χ4n) is 2.69. The van der Waals surface area contributed by atoms with Crippen molar-refractivity contribution >= 4 is 17.6 Å². The van der Waals surface area contributed by atoms with Gasteiger partial charge in [-0.1, -0.05) is 12.1 Å². The molecule has 0 atom stereocenters. The lowest BCUT2D eigenvalue weighted by Crippen LogP contribution is -2.40. The van der Waals surface area contributed by atoms with Gasteiger partial charge in [-0.15, -0.1) is 0 Å². The molecule has 0 spiro atoms. The summed E-state index contributed by atoms with van der Waals surface area (Å²) in [5.74, 6) is 0.642. The minimum atomic E-state index is -0.264. The van der Waals surface area contributed by atoms with Gasteiger partial charge in [-0.25, -0.2) is 4.99 Å². The molecule has 0 unspecified atom stereocenters. The number of furan rings is 1. The fourth-order valence-corrected chi connectivity index (χ4v) is 2.69. The van der Waals surface area contributed by atoms with Crippen LogP contribution in [0.2, 0.25) is 0 Å². The molecule has 1 saturated heterocycles. The van der Waals surface area contributed by atoms with Crippen molar-refractivity contribution in [2.45, 2.75) is 25.8 Å². The highest BCUT2D eigenvalue weighted by atomic mass is 16.3. The second-order valence-corrected chi connectivity index (χ2v) is 5.85. The molecule has 1 aliphatic heterocycles. The molecule has 2 aromatic rings. The Morgan fingerprint density at radius 3 is 2.58 bits per heavy atom. The highest BCUT2D eigenvalue weighted by Crippen LogP contribution is 2.13. The van der Waals surface area contributed by atoms with Gasteiger partial charge in [-0.05, 0) is 49.1 Å². The Hall–Kier alpha value is -2.76. The number of likely N-dealkylation sites (tertiary alicyclic amines) is 1. The molecule has 1 amide bonds. The smallest absolute Gasteiger partial charge is 0.291 e. The Bertz CT molecular complexity index is 686. The number of nitrogens with one attached hydrogen (secondary N) is 1. The maximum Gasteiger partial charge on any atom is 0.291 e. The maximum atomic E-state index is 11.9. The van der Waals surface area contributed by atoms with Crippen LogP contribution in [0.3, 0.4) is 0 Å². The second kappa shape index (κ2) is 7.68. The molecule has 1 aliphatic rings. The number of anilines is 1. The number of rotatable bonds is 4. The van der Waals surface area contributed by atoms with Gasteiger partial charge in [0.25, 0.3) is 5.91 Å². The van der Waals surface area contributed by atoms with Crippen LogP contribution >= 0.6 is 0 Å². The minimum Gasteiger partial charge on any atom is -0.459 e. The van der Waals surface area contributed by atoms with E-state index in [0.717, 1.165) is 18.7 Å². The topological polar surface area (TPSA) is 83.9 Å². The summed E-state index contributed by atoms with van der Waals surface area (Å²) in [6, 6.07) is 10.9. The number of nitrogens with zero attached hydrogens (tertiary/aromatic N) is 2. The molecular weight excluding hydrogens is 304 g/mol. The van der Waals surface area contributed by atoms with Gasteiger partial charge in [0.15, 0.2) is 11.7 Å². The van der Waals surface area contributed by atoms with E-state index in [2.05, 4.69) is 15.2 Å². The molecule has 0 saturated carbocycles. The number of hydrogen-bond donors (Lipinski definition) is 2. The minimum absolute atomic E-state index is 0.264. The summed E-state index contributed by atoms with van der Waals surface area (Å²) in [4.78, 5) is 18.5. The number of aliphatic imine (C=N–C) groups is 1. The van der Waals surface area contributed by atoms with Gasteiger partial charge >= 0.3 is 0 Å². The highest BCUT2D eigenvalue weighted by Gasteiger charge is 2.11. The molecule has 1 fully saturated rings. The normalized spacial score (nSPS) is 15.3. The van der Waals surface area contributed by atoms with Crippen molar-refractivity contribution < 1.29 is 9.21 Å². The number of hydrogen-bond acceptors (Lipinski definition) is 3. The van der Waals surface area contributed by atoms with Crippen molar-refractivity contribution in [2.75, 3.05) is 18.4 Å². The lowest BCUT2D eigenvalue weighted by molar-refractivity contribution is 0.0996. The van der Waals surface area contributed by atoms with Gasteiger partial charge in [-0.3, -0.25) is 4.79 Å². The van der Waals surface area contributed by atoms with E-state index in [-0.39, 0.29) is 11.7 Å². The largest absolute Gasteiger partial charge is 0.459 e. The van der Waals surface area contributed by atoms with E-state index in [1.165, 1.54) is 25.5 Å². The number of guanidine groups is 1. The van der Waals surface area contributed by atoms with E-state index >= 15 is 0 Å². The van der Waals surface area contributed by atoms with Gasteiger partial charge in [0.1, 0.15) is 0 Å². The number of amides is 1. The first-order valence-electron chi connectivity index (χ1n) is 8.21. The molecule has 0 radical (unpaired) electrons. The molecule has 6 nitrogen and oxygen atoms in total. The van der Waals surface area contributed by atoms with Crippen LogP contribution in [0.5, 0.6) is 0 Å². The molecule has 1 aromatic heterocycles. The quantitative estimate of drug-likeness (QED) is 0.668. The summed E-state index contributed by atoms with van der Waals surface area (Å²) < 4.78 is 5.07. The number of nitrogens with two attached hydrogens (primary N) is 1. The average molecular weight is 326 g/mol. The first-order chi connectivity index (χ1) is 11.7. The zero-order valence-corrected chi connectivity index (χ0v) is 13.6. The number of carbonyl (C=O) groups excluding carboxylic acids is 1. The van der Waals surface area contributed by atoms with Crippen molar-refractivity contribution in [1.29, 1.82) is 0 Å². The van der Waals surface area contributed by atoms with Crippen molar-refractivity contribution in [2.24, 2.45) is 10.7 Å². The Kier molecular flexibility index (Phi) is 5.15. The van der Waals surface area contributed by atoms with E-state index in [0.29, 0.717) is 18.2 Å². The predicted molar refractivity (Wildman–Crippen MR) is 93.9 cm³/mol. The van der Waals surface area contributed by atoms with Crippen LogP contribution in [0.15, 0.2) is 52.1 Å². The number of carbonyl (C=O) groups is 1. The average Bonchev–Trinajstić information content (AvgIpc) is 3.16. The van der Waals surface area contributed by atoms with Gasteiger partial charge in [0.05, 0.1) is 12.8 Å². The third-order valence-electron chi connectivity index (χ3n) is 4.06. The first-order valence-corrected chi connectivity index (χ1v) is 8.21. The van der Waals surface area contributed by atoms with Crippen molar-refractivity contribution in [3.8, 4) is 0 Å². The molecule has 2 heterocycles. The van der Waals surface area contributed by atoms with Gasteiger partial charge in [0, 0.05) is 18.8 Å². The van der Waals surface area contributed by atoms with Crippen molar-refractivity contribution in [3.63, 3.8) is 0 Å². The summed E-state index contributed by atoms with van der Waals surface area (Å²) in [5.41, 5.74) is 7.82. The standard InChI is InChI=1S/C18H22N4O2/c19-18(22-10-2-1-3-11-22)20-13-14-6-8-15(9-7-14)21-17(23)16-5-4-12-24-16/h4-9,12H,1-3,10-11,13H2,(H2,19,20)(H,21,23). The van der Waals surface area contributed by atoms with E-state index in [9.17, 15) is 4.79 Å². The molecule has 0 bridgehead atoms. The van der Waals surface area contributed by atoms with E-state index in [1.54, 1.807) is 12.1 Å². The Balaban J connectivity index is 1.55. The lowest BCUT2D eigenvalue weighted by atomic mass is 10.1. The van der Waals surface area contributed by atoms with E-state index in [4.69, 9.17) is 10.2 Å². The lowest BCUT2D eigenvalue weighted by Gasteiger charge is -2.27. The summed E-state index contributed by atoms with van der Waals surface area (Å²) in [6.45, 7) is 2.52. The molecule has 3 N–H and O–H groups in total. The van der Waals surface area contributed by atoms with Crippen LogP contribution in [0.4, 0.5) is 5.69 Å². The Morgan fingerprint density at radius 1 is 1.17 bits per heavy atom. The third-order valence-corrected chi connectivity index (χ3v) is 4.06. The van der Waals surface area contributed by atoms with Crippen LogP contribution in [0.25, 0.3) is 0 Å². The monoisotopic (exact) mass is 326 g/mol. The molecular formula is C18H22N4O2. The Morgan fingerprint density at radius 2 is 1.92 bits per heavy atom. The SMILES string of the molecule is NC(=NCc1ccc(NC(=O)c2ccco2)cc1)N1CCCCC1. The van der Waals surface area contributed by atoms with Gasteiger partial charge in [-0.2, -0.15) is 0 Å². The fraction of sp³-hybridized carbons (Fsp3) is 0.333. The summed E-state index contributed by atoms with van der Waals surface area (Å²) >= 11 is 0. The van der Waals surface area contributed by atoms with Crippen LogP contribution in [-0.4, -0.2) is 29.9 Å². The highest BCUT2D eigenvalue weighted by molar-refractivity contribution is 6.02. The van der Waals surface area contributed by atoms with Crippen LogP contribution in [-0.2, 0) is 6.54 Å². The maximum absolute atomic E-state index is 11.9. The van der Waals surface area contributed by atoms with Crippen LogP contribution < -0.4 is 11.1 Å². The summed E-state index contributed by atoms with van der Waals surface area (Å²) in [6.07, 6.45) is 5.11. The van der Waals surface area contributed by atoms with Gasteiger partial charge in [0.2, 0.25) is 0 Å². The zero-order valence-electron chi connectivity index (χ0n) is 13.6. The number of piperidine rings is 1. The molecule has 1 aromatic carbocycles. The van der Waals surface area contributed by atoms with E-state index in [1.807, 2.05) is 24.3 Å².